The summed E-state index contributed by atoms with van der Waals surface area (Å²) in [5.41, 5.74) is 0.0290. The Morgan fingerprint density at radius 2 is 1.95 bits per heavy atom. The van der Waals surface area contributed by atoms with E-state index in [-0.39, 0.29) is 29.2 Å². The summed E-state index contributed by atoms with van der Waals surface area (Å²) in [5, 5.41) is 13.3. The number of hydrogen-bond acceptors (Lipinski definition) is 5. The normalized spacial score (nSPS) is 19.1. The zero-order valence-electron chi connectivity index (χ0n) is 12.0. The van der Waals surface area contributed by atoms with Gasteiger partial charge in [-0.15, -0.1) is 0 Å². The molecule has 0 spiro atoms. The lowest BCUT2D eigenvalue weighted by atomic mass is 9.75. The molecule has 0 atom stereocenters. The van der Waals surface area contributed by atoms with Crippen molar-refractivity contribution >= 4 is 10.0 Å². The van der Waals surface area contributed by atoms with Crippen LogP contribution in [0.5, 0.6) is 0 Å². The Kier molecular flexibility index (Phi) is 4.51. The van der Waals surface area contributed by atoms with Crippen molar-refractivity contribution in [1.29, 1.82) is 0 Å². The van der Waals surface area contributed by atoms with Crippen molar-refractivity contribution in [3.05, 3.63) is 11.5 Å². The predicted molar refractivity (Wildman–Crippen MR) is 73.8 cm³/mol. The molecule has 0 unspecified atom stereocenters. The van der Waals surface area contributed by atoms with Gasteiger partial charge in [0.05, 0.1) is 0 Å². The van der Waals surface area contributed by atoms with Crippen molar-refractivity contribution in [1.82, 2.24) is 9.88 Å². The molecule has 1 aliphatic rings. The molecular formula is C13H22N2O4S. The SMILES string of the molecule is Cc1noc(C)c1S(=O)(=O)NCC1(CO)CCCCC1. The van der Waals surface area contributed by atoms with Gasteiger partial charge in [0.2, 0.25) is 10.0 Å². The van der Waals surface area contributed by atoms with Crippen LogP contribution in [0.15, 0.2) is 9.42 Å². The summed E-state index contributed by atoms with van der Waals surface area (Å²) in [4.78, 5) is 0.112. The van der Waals surface area contributed by atoms with E-state index in [0.717, 1.165) is 32.1 Å². The quantitative estimate of drug-likeness (QED) is 0.860. The van der Waals surface area contributed by atoms with Crippen LogP contribution in [0.25, 0.3) is 0 Å². The molecule has 0 bridgehead atoms. The van der Waals surface area contributed by atoms with E-state index in [1.165, 1.54) is 0 Å². The van der Waals surface area contributed by atoms with Crippen molar-refractivity contribution in [3.63, 3.8) is 0 Å². The minimum atomic E-state index is -3.64. The molecule has 1 fully saturated rings. The molecule has 1 aromatic rings. The Morgan fingerprint density at radius 1 is 1.30 bits per heavy atom. The number of sulfonamides is 1. The molecule has 0 aromatic carbocycles. The number of rotatable bonds is 5. The van der Waals surface area contributed by atoms with Gasteiger partial charge in [-0.25, -0.2) is 13.1 Å². The molecule has 0 amide bonds. The van der Waals surface area contributed by atoms with E-state index >= 15 is 0 Å². The van der Waals surface area contributed by atoms with E-state index in [1.54, 1.807) is 13.8 Å². The summed E-state index contributed by atoms with van der Waals surface area (Å²) in [7, 11) is -3.64. The minimum absolute atomic E-state index is 0.0110. The highest BCUT2D eigenvalue weighted by atomic mass is 32.2. The average Bonchev–Trinajstić information content (AvgIpc) is 2.78. The molecule has 1 aliphatic carbocycles. The molecular weight excluding hydrogens is 280 g/mol. The van der Waals surface area contributed by atoms with Crippen molar-refractivity contribution in [2.75, 3.05) is 13.2 Å². The first-order valence-electron chi connectivity index (χ1n) is 6.94. The summed E-state index contributed by atoms with van der Waals surface area (Å²) < 4.78 is 32.2. The standard InChI is InChI=1S/C13H22N2O4S/c1-10-12(11(2)19-15-10)20(17,18)14-8-13(9-16)6-4-3-5-7-13/h14,16H,3-9H2,1-2H3. The Hall–Kier alpha value is -0.920. The third-order valence-corrected chi connectivity index (χ3v) is 5.77. The molecule has 114 valence electrons. The molecule has 2 rings (SSSR count). The molecule has 0 radical (unpaired) electrons. The summed E-state index contributed by atoms with van der Waals surface area (Å²) in [6, 6.07) is 0. The molecule has 7 heteroatoms. The predicted octanol–water partition coefficient (Wildman–Crippen LogP) is 1.51. The number of nitrogens with one attached hydrogen (secondary N) is 1. The van der Waals surface area contributed by atoms with Crippen LogP contribution in [0.1, 0.15) is 43.6 Å². The Labute approximate surface area is 119 Å². The lowest BCUT2D eigenvalue weighted by Gasteiger charge is -2.35. The first-order valence-corrected chi connectivity index (χ1v) is 8.42. The van der Waals surface area contributed by atoms with Gasteiger partial charge in [0.1, 0.15) is 10.6 Å². The molecule has 1 heterocycles. The second-order valence-corrected chi connectivity index (χ2v) is 7.40. The Morgan fingerprint density at radius 3 is 2.45 bits per heavy atom. The largest absolute Gasteiger partial charge is 0.396 e. The van der Waals surface area contributed by atoms with E-state index in [4.69, 9.17) is 4.52 Å². The van der Waals surface area contributed by atoms with Crippen LogP contribution >= 0.6 is 0 Å². The van der Waals surface area contributed by atoms with Crippen molar-refractivity contribution < 1.29 is 18.0 Å². The maximum absolute atomic E-state index is 12.3. The molecule has 20 heavy (non-hydrogen) atoms. The van der Waals surface area contributed by atoms with Crippen molar-refractivity contribution in [2.45, 2.75) is 50.8 Å². The molecule has 2 N–H and O–H groups in total. The maximum atomic E-state index is 12.3. The number of aromatic nitrogens is 1. The lowest BCUT2D eigenvalue weighted by Crippen LogP contribution is -2.41. The molecule has 0 aliphatic heterocycles. The van der Waals surface area contributed by atoms with Crippen LogP contribution in [0.2, 0.25) is 0 Å². The maximum Gasteiger partial charge on any atom is 0.245 e. The Bertz CT molecular complexity index is 539. The summed E-state index contributed by atoms with van der Waals surface area (Å²) in [6.07, 6.45) is 4.93. The third-order valence-electron chi connectivity index (χ3n) is 4.12. The van der Waals surface area contributed by atoms with Crippen LogP contribution in [-0.2, 0) is 10.0 Å². The van der Waals surface area contributed by atoms with Crippen molar-refractivity contribution in [2.24, 2.45) is 5.41 Å². The first kappa shape index (κ1) is 15.5. The fourth-order valence-corrected chi connectivity index (χ4v) is 4.35. The van der Waals surface area contributed by atoms with Crippen LogP contribution in [-0.4, -0.2) is 31.8 Å². The van der Waals surface area contributed by atoms with Gasteiger partial charge in [-0.2, -0.15) is 0 Å². The highest BCUT2D eigenvalue weighted by Crippen LogP contribution is 2.35. The van der Waals surface area contributed by atoms with Crippen LogP contribution < -0.4 is 4.72 Å². The van der Waals surface area contributed by atoms with Crippen LogP contribution in [0.3, 0.4) is 0 Å². The number of aliphatic hydroxyl groups is 1. The van der Waals surface area contributed by atoms with Gasteiger partial charge < -0.3 is 9.63 Å². The number of nitrogens with zero attached hydrogens (tertiary/aromatic N) is 1. The van der Waals surface area contributed by atoms with E-state index < -0.39 is 10.0 Å². The highest BCUT2D eigenvalue weighted by molar-refractivity contribution is 7.89. The Balaban J connectivity index is 2.13. The minimum Gasteiger partial charge on any atom is -0.396 e. The average molecular weight is 302 g/mol. The first-order chi connectivity index (χ1) is 9.40. The summed E-state index contributed by atoms with van der Waals surface area (Å²) in [6.45, 7) is 3.46. The fraction of sp³-hybridized carbons (Fsp3) is 0.769. The number of aliphatic hydroxyl groups excluding tert-OH is 1. The topological polar surface area (TPSA) is 92.4 Å². The molecule has 1 saturated carbocycles. The zero-order chi connectivity index (χ0) is 14.8. The fourth-order valence-electron chi connectivity index (χ4n) is 2.87. The van der Waals surface area contributed by atoms with E-state index in [0.29, 0.717) is 5.69 Å². The lowest BCUT2D eigenvalue weighted by molar-refractivity contribution is 0.0867. The third kappa shape index (κ3) is 3.05. The van der Waals surface area contributed by atoms with Crippen LogP contribution in [0.4, 0.5) is 0 Å². The molecule has 0 saturated heterocycles. The second-order valence-electron chi connectivity index (χ2n) is 5.70. The van der Waals surface area contributed by atoms with E-state index in [9.17, 15) is 13.5 Å². The van der Waals surface area contributed by atoms with Crippen LogP contribution in [0, 0.1) is 19.3 Å². The second kappa shape index (κ2) is 5.83. The molecule has 6 nitrogen and oxygen atoms in total. The van der Waals surface area contributed by atoms with Gasteiger partial charge >= 0.3 is 0 Å². The zero-order valence-corrected chi connectivity index (χ0v) is 12.8. The van der Waals surface area contributed by atoms with Gasteiger partial charge in [0, 0.05) is 18.6 Å². The molecule has 1 aromatic heterocycles. The summed E-state index contributed by atoms with van der Waals surface area (Å²) >= 11 is 0. The van der Waals surface area contributed by atoms with Gasteiger partial charge in [0.25, 0.3) is 0 Å². The van der Waals surface area contributed by atoms with Gasteiger partial charge in [-0.1, -0.05) is 24.4 Å². The van der Waals surface area contributed by atoms with Gasteiger partial charge in [0.15, 0.2) is 5.76 Å². The van der Waals surface area contributed by atoms with E-state index in [2.05, 4.69) is 9.88 Å². The highest BCUT2D eigenvalue weighted by Gasteiger charge is 2.34. The van der Waals surface area contributed by atoms with Gasteiger partial charge in [-0.05, 0) is 26.7 Å². The monoisotopic (exact) mass is 302 g/mol. The van der Waals surface area contributed by atoms with Gasteiger partial charge in [-0.3, -0.25) is 0 Å². The van der Waals surface area contributed by atoms with E-state index in [1.807, 2.05) is 0 Å². The summed E-state index contributed by atoms with van der Waals surface area (Å²) in [5.74, 6) is 0.289. The number of aryl methyl sites for hydroxylation is 2. The van der Waals surface area contributed by atoms with Crippen molar-refractivity contribution in [3.8, 4) is 0 Å². The smallest absolute Gasteiger partial charge is 0.245 e. The number of hydrogen-bond donors (Lipinski definition) is 2.